The maximum absolute atomic E-state index is 2.50. The molecule has 2 rings (SSSR count). The highest BCUT2D eigenvalue weighted by molar-refractivity contribution is 4.77. The lowest BCUT2D eigenvalue weighted by Crippen LogP contribution is -3.15. The second-order valence-corrected chi connectivity index (χ2v) is 6.86. The lowest BCUT2D eigenvalue weighted by molar-refractivity contribution is -0.941. The van der Waals surface area contributed by atoms with E-state index in [1.165, 1.54) is 56.2 Å². The smallest absolute Gasteiger partial charge is 0.100 e. The van der Waals surface area contributed by atoms with Gasteiger partial charge in [0.25, 0.3) is 0 Å². The molecule has 4 heteroatoms. The first-order chi connectivity index (χ1) is 7.46. The van der Waals surface area contributed by atoms with E-state index in [4.69, 9.17) is 0 Å². The molecule has 110 valence electrons. The average molecular weight is 480 g/mol. The van der Waals surface area contributed by atoms with Gasteiger partial charge in [-0.3, -0.25) is 0 Å². The first kappa shape index (κ1) is 19.4. The Morgan fingerprint density at radius 1 is 1.28 bits per heavy atom. The third-order valence-corrected chi connectivity index (χ3v) is 5.84. The maximum atomic E-state index is 2.50. The van der Waals surface area contributed by atoms with Gasteiger partial charge in [-0.15, -0.1) is 0 Å². The fraction of sp³-hybridized carbons (Fsp3) is 1.00. The molecule has 2 aliphatic rings. The minimum Gasteiger partial charge on any atom is -1.00 e. The van der Waals surface area contributed by atoms with Crippen LogP contribution >= 0.6 is 0 Å². The molecular formula is C14H30I2N2. The summed E-state index contributed by atoms with van der Waals surface area (Å²) in [6, 6.07) is 0.894. The number of halogens is 2. The van der Waals surface area contributed by atoms with E-state index in [0.29, 0.717) is 5.54 Å². The molecule has 0 aromatic carbocycles. The highest BCUT2D eigenvalue weighted by Gasteiger charge is 2.42. The van der Waals surface area contributed by atoms with E-state index in [2.05, 4.69) is 27.9 Å². The number of hydrogen-bond donors (Lipinski definition) is 1. The van der Waals surface area contributed by atoms with Crippen molar-refractivity contribution in [2.75, 3.05) is 33.7 Å². The molecule has 0 bridgehead atoms. The third kappa shape index (κ3) is 3.95. The summed E-state index contributed by atoms with van der Waals surface area (Å²) in [7, 11) is 4.87. The minimum absolute atomic E-state index is 0. The third-order valence-electron chi connectivity index (χ3n) is 5.84. The van der Waals surface area contributed by atoms with Crippen LogP contribution in [0.4, 0.5) is 0 Å². The van der Waals surface area contributed by atoms with Crippen LogP contribution in [0.5, 0.6) is 0 Å². The van der Waals surface area contributed by atoms with E-state index in [1.54, 1.807) is 4.90 Å². The maximum Gasteiger partial charge on any atom is 0.100 e. The summed E-state index contributed by atoms with van der Waals surface area (Å²) >= 11 is 0. The largest absolute Gasteiger partial charge is 1.00 e. The molecular weight excluding hydrogens is 450 g/mol. The topological polar surface area (TPSA) is 4.44 Å². The Kier molecular flexibility index (Phi) is 7.97. The van der Waals surface area contributed by atoms with Gasteiger partial charge in [0.15, 0.2) is 0 Å². The molecule has 0 amide bonds. The van der Waals surface area contributed by atoms with Gasteiger partial charge in [0, 0.05) is 25.7 Å². The summed E-state index contributed by atoms with van der Waals surface area (Å²) in [5.74, 6) is 0. The van der Waals surface area contributed by atoms with Crippen LogP contribution in [0.25, 0.3) is 0 Å². The lowest BCUT2D eigenvalue weighted by atomic mass is 9.94. The zero-order valence-corrected chi connectivity index (χ0v) is 16.8. The van der Waals surface area contributed by atoms with Crippen LogP contribution in [0.1, 0.15) is 46.0 Å². The van der Waals surface area contributed by atoms with Gasteiger partial charge in [0.1, 0.15) is 5.54 Å². The van der Waals surface area contributed by atoms with Crippen LogP contribution in [-0.2, 0) is 0 Å². The Hall–Kier alpha value is 1.38. The van der Waals surface area contributed by atoms with Gasteiger partial charge in [0.2, 0.25) is 0 Å². The fourth-order valence-corrected chi connectivity index (χ4v) is 3.71. The Morgan fingerprint density at radius 2 is 1.94 bits per heavy atom. The summed E-state index contributed by atoms with van der Waals surface area (Å²) in [5, 5.41) is 0. The quantitative estimate of drug-likeness (QED) is 0.306. The van der Waals surface area contributed by atoms with E-state index >= 15 is 0 Å². The molecule has 4 atom stereocenters. The van der Waals surface area contributed by atoms with Crippen molar-refractivity contribution < 1.29 is 57.3 Å². The molecule has 0 radical (unpaired) electrons. The molecule has 2 aliphatic heterocycles. The number of quaternary nitrogens is 2. The van der Waals surface area contributed by atoms with Gasteiger partial charge in [-0.1, -0.05) is 0 Å². The molecule has 4 unspecified atom stereocenters. The molecule has 0 aromatic heterocycles. The summed E-state index contributed by atoms with van der Waals surface area (Å²) in [6.07, 6.45) is 7.17. The fourth-order valence-electron chi connectivity index (χ4n) is 3.71. The van der Waals surface area contributed by atoms with Gasteiger partial charge in [-0.05, 0) is 13.8 Å². The predicted octanol–water partition coefficient (Wildman–Crippen LogP) is -4.92. The Balaban J connectivity index is 0.00000144. The summed E-state index contributed by atoms with van der Waals surface area (Å²) < 4.78 is 1.34. The molecule has 2 heterocycles. The van der Waals surface area contributed by atoms with Gasteiger partial charge in [-0.25, -0.2) is 0 Å². The summed E-state index contributed by atoms with van der Waals surface area (Å²) in [5.41, 5.74) is 0.573. The number of nitrogens with zero attached hydrogens (tertiary/aromatic N) is 1. The van der Waals surface area contributed by atoms with Crippen molar-refractivity contribution in [1.29, 1.82) is 0 Å². The normalized spacial score (nSPS) is 43.3. The van der Waals surface area contributed by atoms with Crippen molar-refractivity contribution in [3.8, 4) is 0 Å². The van der Waals surface area contributed by atoms with Crippen molar-refractivity contribution in [2.45, 2.75) is 57.5 Å². The highest BCUT2D eigenvalue weighted by Crippen LogP contribution is 2.27. The minimum atomic E-state index is 0. The molecule has 0 aliphatic carbocycles. The second-order valence-electron chi connectivity index (χ2n) is 6.86. The van der Waals surface area contributed by atoms with E-state index in [9.17, 15) is 0 Å². The van der Waals surface area contributed by atoms with Crippen LogP contribution in [0, 0.1) is 0 Å². The highest BCUT2D eigenvalue weighted by atomic mass is 127. The SMILES string of the molecule is CC1CCC[N+]1(C)CCC1(C)CCC[NH+]1C.[I-].[I-]. The van der Waals surface area contributed by atoms with Gasteiger partial charge in [-0.2, -0.15) is 0 Å². The zero-order valence-electron chi connectivity index (χ0n) is 12.4. The van der Waals surface area contributed by atoms with Crippen molar-refractivity contribution >= 4 is 0 Å². The number of likely N-dealkylation sites (tertiary alicyclic amines) is 2. The van der Waals surface area contributed by atoms with E-state index < -0.39 is 0 Å². The Morgan fingerprint density at radius 3 is 2.39 bits per heavy atom. The Labute approximate surface area is 147 Å². The number of nitrogens with one attached hydrogen (secondary N) is 1. The van der Waals surface area contributed by atoms with Crippen molar-refractivity contribution in [3.63, 3.8) is 0 Å². The zero-order chi connectivity index (χ0) is 11.8. The lowest BCUT2D eigenvalue weighted by Gasteiger charge is -2.38. The summed E-state index contributed by atoms with van der Waals surface area (Å²) in [4.78, 5) is 1.77. The molecule has 2 fully saturated rings. The van der Waals surface area contributed by atoms with Crippen LogP contribution in [0.2, 0.25) is 0 Å². The first-order valence-electron chi connectivity index (χ1n) is 7.13. The Bertz CT molecular complexity index is 236. The monoisotopic (exact) mass is 480 g/mol. The molecule has 0 saturated carbocycles. The van der Waals surface area contributed by atoms with Crippen molar-refractivity contribution in [3.05, 3.63) is 0 Å². The van der Waals surface area contributed by atoms with E-state index in [1.807, 2.05) is 0 Å². The second kappa shape index (κ2) is 7.41. The molecule has 0 aromatic rings. The molecule has 0 spiro atoms. The van der Waals surface area contributed by atoms with Crippen LogP contribution in [-0.4, -0.2) is 49.8 Å². The van der Waals surface area contributed by atoms with Crippen LogP contribution in [0.3, 0.4) is 0 Å². The van der Waals surface area contributed by atoms with Crippen molar-refractivity contribution in [1.82, 2.24) is 0 Å². The van der Waals surface area contributed by atoms with Crippen LogP contribution < -0.4 is 52.9 Å². The standard InChI is InChI=1S/C14H29N2.2HI/c1-13-7-5-11-16(13,4)12-9-14(2)8-6-10-15(14)3;;/h13H,5-12H2,1-4H3;2*1H/q+1;;/p-1. The first-order valence-corrected chi connectivity index (χ1v) is 7.13. The van der Waals surface area contributed by atoms with Gasteiger partial charge >= 0.3 is 0 Å². The predicted molar refractivity (Wildman–Crippen MR) is 68.6 cm³/mol. The molecule has 2 nitrogen and oxygen atoms in total. The van der Waals surface area contributed by atoms with E-state index in [-0.39, 0.29) is 48.0 Å². The number of hydrogen-bond acceptors (Lipinski definition) is 0. The van der Waals surface area contributed by atoms with E-state index in [0.717, 1.165) is 6.04 Å². The average Bonchev–Trinajstić information content (AvgIpc) is 2.73. The van der Waals surface area contributed by atoms with Crippen LogP contribution in [0.15, 0.2) is 0 Å². The van der Waals surface area contributed by atoms with Gasteiger partial charge < -0.3 is 57.3 Å². The molecule has 1 N–H and O–H groups in total. The molecule has 2 saturated heterocycles. The number of rotatable bonds is 3. The van der Waals surface area contributed by atoms with Gasteiger partial charge in [0.05, 0.1) is 46.2 Å². The summed E-state index contributed by atoms with van der Waals surface area (Å²) in [6.45, 7) is 9.14. The van der Waals surface area contributed by atoms with Crippen molar-refractivity contribution in [2.24, 2.45) is 0 Å². The molecule has 18 heavy (non-hydrogen) atoms.